The van der Waals surface area contributed by atoms with Gasteiger partial charge in [-0.3, -0.25) is 9.59 Å². The Morgan fingerprint density at radius 1 is 0.923 bits per heavy atom. The number of benzene rings is 2. The molecule has 0 aromatic heterocycles. The zero-order valence-corrected chi connectivity index (χ0v) is 13.7. The number of anilines is 1. The van der Waals surface area contributed by atoms with Crippen LogP contribution in [0.1, 0.15) is 11.1 Å². The van der Waals surface area contributed by atoms with Crippen molar-refractivity contribution in [1.82, 2.24) is 5.32 Å². The highest BCUT2D eigenvalue weighted by Gasteiger charge is 2.29. The van der Waals surface area contributed by atoms with Gasteiger partial charge in [-0.25, -0.2) is 0 Å². The molecule has 0 saturated heterocycles. The quantitative estimate of drug-likeness (QED) is 0.792. The molecule has 0 spiro atoms. The van der Waals surface area contributed by atoms with E-state index in [0.29, 0.717) is 0 Å². The van der Waals surface area contributed by atoms with E-state index in [9.17, 15) is 22.8 Å². The van der Waals surface area contributed by atoms with E-state index in [1.807, 2.05) is 30.3 Å². The van der Waals surface area contributed by atoms with Crippen molar-refractivity contribution in [2.45, 2.75) is 12.8 Å². The van der Waals surface area contributed by atoms with Crippen LogP contribution in [0.25, 0.3) is 0 Å². The lowest BCUT2D eigenvalue weighted by atomic mass is 10.2. The predicted molar refractivity (Wildman–Crippen MR) is 89.2 cm³/mol. The molecule has 26 heavy (non-hydrogen) atoms. The molecular formula is C18H17F3N2O3. The van der Waals surface area contributed by atoms with Gasteiger partial charge in [-0.2, -0.15) is 13.2 Å². The second kappa shape index (κ2) is 9.00. The lowest BCUT2D eigenvalue weighted by molar-refractivity contribution is -0.137. The first-order valence-electron chi connectivity index (χ1n) is 7.70. The molecule has 0 heterocycles. The number of alkyl halides is 3. The largest absolute Gasteiger partial charge is 0.416 e. The average molecular weight is 366 g/mol. The minimum absolute atomic E-state index is 0.206. The summed E-state index contributed by atoms with van der Waals surface area (Å²) in [6.45, 7) is -0.247. The van der Waals surface area contributed by atoms with Gasteiger partial charge in [0.15, 0.2) is 0 Å². The normalized spacial score (nSPS) is 11.0. The predicted octanol–water partition coefficient (Wildman–Crippen LogP) is 2.98. The maximum atomic E-state index is 12.5. The van der Waals surface area contributed by atoms with Gasteiger partial charge < -0.3 is 15.4 Å². The van der Waals surface area contributed by atoms with E-state index in [0.717, 1.165) is 29.8 Å². The van der Waals surface area contributed by atoms with Crippen LogP contribution in [0, 0.1) is 0 Å². The summed E-state index contributed by atoms with van der Waals surface area (Å²) in [5, 5.41) is 4.76. The fraction of sp³-hybridized carbons (Fsp3) is 0.222. The first-order chi connectivity index (χ1) is 12.3. The van der Waals surface area contributed by atoms with Crippen LogP contribution in [0.15, 0.2) is 54.6 Å². The molecule has 0 saturated carbocycles. The van der Waals surface area contributed by atoms with Gasteiger partial charge in [0.2, 0.25) is 11.8 Å². The van der Waals surface area contributed by atoms with Gasteiger partial charge >= 0.3 is 6.18 Å². The SMILES string of the molecule is O=C(COCc1ccccc1)NCC(=O)Nc1ccc(C(F)(F)F)cc1. The summed E-state index contributed by atoms with van der Waals surface area (Å²) in [6.07, 6.45) is -4.43. The summed E-state index contributed by atoms with van der Waals surface area (Å²) < 4.78 is 42.6. The Morgan fingerprint density at radius 2 is 1.58 bits per heavy atom. The highest BCUT2D eigenvalue weighted by atomic mass is 19.4. The summed E-state index contributed by atoms with van der Waals surface area (Å²) in [5.74, 6) is -1.02. The first kappa shape index (κ1) is 19.5. The van der Waals surface area contributed by atoms with Crippen LogP contribution in [0.3, 0.4) is 0 Å². The van der Waals surface area contributed by atoms with Gasteiger partial charge in [0, 0.05) is 5.69 Å². The Balaban J connectivity index is 1.68. The van der Waals surface area contributed by atoms with Gasteiger partial charge in [0.1, 0.15) is 6.61 Å². The molecule has 2 rings (SSSR count). The molecule has 0 aliphatic rings. The van der Waals surface area contributed by atoms with E-state index < -0.39 is 23.6 Å². The fourth-order valence-electron chi connectivity index (χ4n) is 2.01. The third kappa shape index (κ3) is 6.56. The molecule has 2 N–H and O–H groups in total. The number of ether oxygens (including phenoxy) is 1. The molecule has 5 nitrogen and oxygen atoms in total. The average Bonchev–Trinajstić information content (AvgIpc) is 2.60. The number of hydrogen-bond acceptors (Lipinski definition) is 3. The summed E-state index contributed by atoms with van der Waals surface area (Å²) in [4.78, 5) is 23.3. The van der Waals surface area contributed by atoms with Gasteiger partial charge in [-0.15, -0.1) is 0 Å². The standard InChI is InChI=1S/C18H17F3N2O3/c19-18(20,21)14-6-8-15(9-7-14)23-16(24)10-22-17(25)12-26-11-13-4-2-1-3-5-13/h1-9H,10-12H2,(H,22,25)(H,23,24). The Morgan fingerprint density at radius 3 is 2.19 bits per heavy atom. The molecule has 2 aromatic carbocycles. The highest BCUT2D eigenvalue weighted by Crippen LogP contribution is 2.29. The minimum Gasteiger partial charge on any atom is -0.367 e. The first-order valence-corrected chi connectivity index (χ1v) is 7.70. The van der Waals surface area contributed by atoms with Crippen molar-refractivity contribution in [3.8, 4) is 0 Å². The van der Waals surface area contributed by atoms with Crippen LogP contribution in [-0.4, -0.2) is 25.0 Å². The maximum Gasteiger partial charge on any atom is 0.416 e. The Bertz CT molecular complexity index is 732. The molecule has 0 unspecified atom stereocenters. The van der Waals surface area contributed by atoms with E-state index in [-0.39, 0.29) is 25.4 Å². The third-order valence-electron chi connectivity index (χ3n) is 3.29. The fourth-order valence-corrected chi connectivity index (χ4v) is 2.01. The molecule has 0 radical (unpaired) electrons. The molecule has 8 heteroatoms. The van der Waals surface area contributed by atoms with Gasteiger partial charge in [-0.05, 0) is 29.8 Å². The van der Waals surface area contributed by atoms with Crippen molar-refractivity contribution in [2.75, 3.05) is 18.5 Å². The van der Waals surface area contributed by atoms with Crippen LogP contribution in [0.5, 0.6) is 0 Å². The molecule has 0 aliphatic heterocycles. The molecular weight excluding hydrogens is 349 g/mol. The van der Waals surface area contributed by atoms with Crippen LogP contribution in [0.2, 0.25) is 0 Å². The number of rotatable bonds is 7. The topological polar surface area (TPSA) is 67.4 Å². The molecule has 138 valence electrons. The minimum atomic E-state index is -4.43. The summed E-state index contributed by atoms with van der Waals surface area (Å²) >= 11 is 0. The second-order valence-electron chi connectivity index (χ2n) is 5.38. The molecule has 2 amide bonds. The molecule has 2 aromatic rings. The molecule has 0 fully saturated rings. The number of hydrogen-bond donors (Lipinski definition) is 2. The molecule has 0 bridgehead atoms. The number of amides is 2. The third-order valence-corrected chi connectivity index (χ3v) is 3.29. The van der Waals surface area contributed by atoms with Crippen LogP contribution in [-0.2, 0) is 27.1 Å². The van der Waals surface area contributed by atoms with Crippen molar-refractivity contribution >= 4 is 17.5 Å². The number of nitrogens with one attached hydrogen (secondary N) is 2. The van der Waals surface area contributed by atoms with Gasteiger partial charge in [0.25, 0.3) is 0 Å². The maximum absolute atomic E-state index is 12.5. The smallest absolute Gasteiger partial charge is 0.367 e. The van der Waals surface area contributed by atoms with Crippen molar-refractivity contribution in [1.29, 1.82) is 0 Å². The monoisotopic (exact) mass is 366 g/mol. The number of carbonyl (C=O) groups excluding carboxylic acids is 2. The lowest BCUT2D eigenvalue weighted by Crippen LogP contribution is -2.35. The summed E-state index contributed by atoms with van der Waals surface area (Å²) in [5.41, 5.74) is 0.317. The Hall–Kier alpha value is -2.87. The summed E-state index contributed by atoms with van der Waals surface area (Å²) in [6, 6.07) is 13.3. The van der Waals surface area contributed by atoms with Crippen LogP contribution < -0.4 is 10.6 Å². The Labute approximate surface area is 148 Å². The van der Waals surface area contributed by atoms with E-state index >= 15 is 0 Å². The number of carbonyl (C=O) groups is 2. The van der Waals surface area contributed by atoms with E-state index in [1.54, 1.807) is 0 Å². The van der Waals surface area contributed by atoms with Crippen LogP contribution in [0.4, 0.5) is 18.9 Å². The Kier molecular flexibility index (Phi) is 6.74. The molecule has 0 aliphatic carbocycles. The van der Waals surface area contributed by atoms with Crippen LogP contribution >= 0.6 is 0 Å². The van der Waals surface area contributed by atoms with E-state index in [2.05, 4.69) is 10.6 Å². The van der Waals surface area contributed by atoms with Crippen molar-refractivity contribution in [3.05, 3.63) is 65.7 Å². The van der Waals surface area contributed by atoms with Gasteiger partial charge in [0.05, 0.1) is 18.7 Å². The molecule has 0 atom stereocenters. The van der Waals surface area contributed by atoms with E-state index in [1.165, 1.54) is 0 Å². The van der Waals surface area contributed by atoms with Crippen molar-refractivity contribution in [3.63, 3.8) is 0 Å². The highest BCUT2D eigenvalue weighted by molar-refractivity contribution is 5.94. The zero-order chi connectivity index (χ0) is 19.0. The zero-order valence-electron chi connectivity index (χ0n) is 13.7. The van der Waals surface area contributed by atoms with Gasteiger partial charge in [-0.1, -0.05) is 30.3 Å². The van der Waals surface area contributed by atoms with Crippen molar-refractivity contribution in [2.24, 2.45) is 0 Å². The number of halogens is 3. The van der Waals surface area contributed by atoms with Crippen molar-refractivity contribution < 1.29 is 27.5 Å². The lowest BCUT2D eigenvalue weighted by Gasteiger charge is -2.09. The van der Waals surface area contributed by atoms with E-state index in [4.69, 9.17) is 4.74 Å². The summed E-state index contributed by atoms with van der Waals surface area (Å²) in [7, 11) is 0. The second-order valence-corrected chi connectivity index (χ2v) is 5.38.